The fourth-order valence-electron chi connectivity index (χ4n) is 1.71. The molecular formula is C10H18N2O3. The minimum Gasteiger partial charge on any atom is -0.468 e. The van der Waals surface area contributed by atoms with Crippen molar-refractivity contribution in [3.8, 4) is 0 Å². The summed E-state index contributed by atoms with van der Waals surface area (Å²) < 4.78 is 4.51. The van der Waals surface area contributed by atoms with E-state index >= 15 is 0 Å². The first-order valence-corrected chi connectivity index (χ1v) is 5.17. The maximum absolute atomic E-state index is 11.8. The standard InChI is InChI=1S/C10H18N2O3/c1-12(7-9(13)15-2)10(14)8-4-3-5-11-6-8/h8,11H,3-7H2,1-2H3. The molecule has 0 aromatic rings. The maximum atomic E-state index is 11.8. The van der Waals surface area contributed by atoms with Gasteiger partial charge in [0.05, 0.1) is 13.0 Å². The summed E-state index contributed by atoms with van der Waals surface area (Å²) in [5, 5.41) is 3.17. The van der Waals surface area contributed by atoms with Crippen LogP contribution in [0.5, 0.6) is 0 Å². The Morgan fingerprint density at radius 3 is 2.80 bits per heavy atom. The van der Waals surface area contributed by atoms with Crippen molar-refractivity contribution in [3.63, 3.8) is 0 Å². The van der Waals surface area contributed by atoms with E-state index in [0.717, 1.165) is 19.4 Å². The smallest absolute Gasteiger partial charge is 0.325 e. The SMILES string of the molecule is COC(=O)CN(C)C(=O)C1CCCNC1. The predicted molar refractivity (Wildman–Crippen MR) is 55.2 cm³/mol. The summed E-state index contributed by atoms with van der Waals surface area (Å²) in [5.74, 6) is -0.351. The summed E-state index contributed by atoms with van der Waals surface area (Å²) >= 11 is 0. The van der Waals surface area contributed by atoms with E-state index in [0.29, 0.717) is 6.54 Å². The monoisotopic (exact) mass is 214 g/mol. The summed E-state index contributed by atoms with van der Waals surface area (Å²) in [6.07, 6.45) is 1.92. The van der Waals surface area contributed by atoms with Crippen LogP contribution in [0, 0.1) is 5.92 Å². The third kappa shape index (κ3) is 3.51. The number of methoxy groups -OCH3 is 1. The maximum Gasteiger partial charge on any atom is 0.325 e. The van der Waals surface area contributed by atoms with Crippen molar-refractivity contribution in [2.24, 2.45) is 5.92 Å². The van der Waals surface area contributed by atoms with Gasteiger partial charge in [-0.2, -0.15) is 0 Å². The number of hydrogen-bond acceptors (Lipinski definition) is 4. The minimum absolute atomic E-state index is 0.00778. The van der Waals surface area contributed by atoms with E-state index in [4.69, 9.17) is 0 Å². The molecule has 5 heteroatoms. The normalized spacial score (nSPS) is 20.8. The van der Waals surface area contributed by atoms with Crippen molar-refractivity contribution >= 4 is 11.9 Å². The Kier molecular flexibility index (Phi) is 4.55. The van der Waals surface area contributed by atoms with Gasteiger partial charge in [-0.1, -0.05) is 0 Å². The molecule has 0 spiro atoms. The molecule has 0 radical (unpaired) electrons. The Morgan fingerprint density at radius 2 is 2.27 bits per heavy atom. The van der Waals surface area contributed by atoms with Gasteiger partial charge < -0.3 is 15.0 Å². The summed E-state index contributed by atoms with van der Waals surface area (Å²) in [6, 6.07) is 0. The van der Waals surface area contributed by atoms with Crippen LogP contribution in [0.3, 0.4) is 0 Å². The van der Waals surface area contributed by atoms with Gasteiger partial charge in [0.15, 0.2) is 0 Å². The van der Waals surface area contributed by atoms with Gasteiger partial charge in [0.1, 0.15) is 6.54 Å². The molecule has 15 heavy (non-hydrogen) atoms. The number of carbonyl (C=O) groups excluding carboxylic acids is 2. The zero-order valence-corrected chi connectivity index (χ0v) is 9.28. The number of nitrogens with zero attached hydrogens (tertiary/aromatic N) is 1. The quantitative estimate of drug-likeness (QED) is 0.650. The highest BCUT2D eigenvalue weighted by molar-refractivity contribution is 5.83. The average molecular weight is 214 g/mol. The second-order valence-corrected chi connectivity index (χ2v) is 3.81. The Labute approximate surface area is 89.8 Å². The van der Waals surface area contributed by atoms with E-state index in [-0.39, 0.29) is 24.3 Å². The number of piperidine rings is 1. The van der Waals surface area contributed by atoms with Crippen LogP contribution in [0.4, 0.5) is 0 Å². The highest BCUT2D eigenvalue weighted by Gasteiger charge is 2.24. The lowest BCUT2D eigenvalue weighted by molar-refractivity contribution is -0.147. The topological polar surface area (TPSA) is 58.6 Å². The van der Waals surface area contributed by atoms with Crippen LogP contribution in [0.25, 0.3) is 0 Å². The van der Waals surface area contributed by atoms with Crippen molar-refractivity contribution in [3.05, 3.63) is 0 Å². The van der Waals surface area contributed by atoms with Gasteiger partial charge in [0, 0.05) is 13.6 Å². The molecule has 0 bridgehead atoms. The van der Waals surface area contributed by atoms with E-state index in [1.54, 1.807) is 7.05 Å². The number of nitrogens with one attached hydrogen (secondary N) is 1. The first-order chi connectivity index (χ1) is 7.15. The zero-order valence-electron chi connectivity index (χ0n) is 9.28. The van der Waals surface area contributed by atoms with E-state index in [2.05, 4.69) is 10.1 Å². The molecule has 0 aliphatic carbocycles. The molecule has 1 N–H and O–H groups in total. The van der Waals surface area contributed by atoms with Gasteiger partial charge in [0.25, 0.3) is 0 Å². The van der Waals surface area contributed by atoms with Crippen molar-refractivity contribution in [1.82, 2.24) is 10.2 Å². The number of hydrogen-bond donors (Lipinski definition) is 1. The summed E-state index contributed by atoms with van der Waals surface area (Å²) in [7, 11) is 2.96. The zero-order chi connectivity index (χ0) is 11.3. The number of carbonyl (C=O) groups is 2. The van der Waals surface area contributed by atoms with E-state index in [1.807, 2.05) is 0 Å². The van der Waals surface area contributed by atoms with Gasteiger partial charge in [-0.3, -0.25) is 9.59 Å². The minimum atomic E-state index is -0.380. The number of ether oxygens (including phenoxy) is 1. The van der Waals surface area contributed by atoms with Crippen LogP contribution < -0.4 is 5.32 Å². The third-order valence-electron chi connectivity index (χ3n) is 2.62. The van der Waals surface area contributed by atoms with E-state index in [1.165, 1.54) is 12.0 Å². The highest BCUT2D eigenvalue weighted by atomic mass is 16.5. The first kappa shape index (κ1) is 12.0. The van der Waals surface area contributed by atoms with Crippen molar-refractivity contribution in [2.75, 3.05) is 33.8 Å². The number of likely N-dealkylation sites (N-methyl/N-ethyl adjacent to an activating group) is 1. The van der Waals surface area contributed by atoms with Gasteiger partial charge in [-0.25, -0.2) is 0 Å². The molecule has 1 rings (SSSR count). The van der Waals surface area contributed by atoms with Crippen LogP contribution in [0.2, 0.25) is 0 Å². The van der Waals surface area contributed by atoms with Crippen molar-refractivity contribution in [1.29, 1.82) is 0 Å². The molecule has 1 amide bonds. The molecule has 0 aromatic carbocycles. The lowest BCUT2D eigenvalue weighted by Crippen LogP contribution is -2.43. The van der Waals surface area contributed by atoms with E-state index in [9.17, 15) is 9.59 Å². The molecule has 1 aliphatic rings. The molecule has 0 aromatic heterocycles. The molecule has 1 saturated heterocycles. The van der Waals surface area contributed by atoms with Gasteiger partial charge >= 0.3 is 5.97 Å². The largest absolute Gasteiger partial charge is 0.468 e. The molecular weight excluding hydrogens is 196 g/mol. The number of amides is 1. The Morgan fingerprint density at radius 1 is 1.53 bits per heavy atom. The summed E-state index contributed by atoms with van der Waals surface area (Å²) in [4.78, 5) is 24.2. The Hall–Kier alpha value is -1.10. The molecule has 86 valence electrons. The average Bonchev–Trinajstić information content (AvgIpc) is 2.29. The molecule has 1 unspecified atom stereocenters. The van der Waals surface area contributed by atoms with Crippen LogP contribution in [0.1, 0.15) is 12.8 Å². The summed E-state index contributed by atoms with van der Waals surface area (Å²) in [5.41, 5.74) is 0. The van der Waals surface area contributed by atoms with Crippen LogP contribution in [0.15, 0.2) is 0 Å². The highest BCUT2D eigenvalue weighted by Crippen LogP contribution is 2.12. The lowest BCUT2D eigenvalue weighted by Gasteiger charge is -2.26. The summed E-state index contributed by atoms with van der Waals surface area (Å²) in [6.45, 7) is 1.72. The third-order valence-corrected chi connectivity index (χ3v) is 2.62. The lowest BCUT2D eigenvalue weighted by atomic mass is 9.98. The molecule has 1 aliphatic heterocycles. The number of rotatable bonds is 3. The van der Waals surface area contributed by atoms with Gasteiger partial charge in [-0.15, -0.1) is 0 Å². The van der Waals surface area contributed by atoms with Crippen LogP contribution in [-0.4, -0.2) is 50.6 Å². The van der Waals surface area contributed by atoms with Crippen LogP contribution >= 0.6 is 0 Å². The molecule has 1 atom stereocenters. The molecule has 0 saturated carbocycles. The predicted octanol–water partition coefficient (Wildman–Crippen LogP) is -0.383. The molecule has 1 fully saturated rings. The Bertz CT molecular complexity index is 237. The molecule has 1 heterocycles. The second kappa shape index (κ2) is 5.70. The van der Waals surface area contributed by atoms with Gasteiger partial charge in [0.2, 0.25) is 5.91 Å². The van der Waals surface area contributed by atoms with Crippen LogP contribution in [-0.2, 0) is 14.3 Å². The van der Waals surface area contributed by atoms with E-state index < -0.39 is 0 Å². The first-order valence-electron chi connectivity index (χ1n) is 5.17. The Balaban J connectivity index is 2.40. The fourth-order valence-corrected chi connectivity index (χ4v) is 1.71. The fraction of sp³-hybridized carbons (Fsp3) is 0.800. The van der Waals surface area contributed by atoms with Crippen molar-refractivity contribution < 1.29 is 14.3 Å². The van der Waals surface area contributed by atoms with Crippen molar-refractivity contribution in [2.45, 2.75) is 12.8 Å². The second-order valence-electron chi connectivity index (χ2n) is 3.81. The van der Waals surface area contributed by atoms with Gasteiger partial charge in [-0.05, 0) is 19.4 Å². The number of esters is 1. The molecule has 5 nitrogen and oxygen atoms in total.